The number of aromatic nitrogens is 2. The smallest absolute Gasteiger partial charge is 0.0999 e. The van der Waals surface area contributed by atoms with Crippen LogP contribution in [0.2, 0.25) is 5.02 Å². The SMILES string of the molecule is Clc1ccc(-c2n[nH]c3ccccc23)cc1. The van der Waals surface area contributed by atoms with E-state index in [0.717, 1.165) is 27.2 Å². The fourth-order valence-electron chi connectivity index (χ4n) is 1.79. The second kappa shape index (κ2) is 3.65. The van der Waals surface area contributed by atoms with Crippen LogP contribution in [-0.4, -0.2) is 10.2 Å². The highest BCUT2D eigenvalue weighted by molar-refractivity contribution is 6.30. The van der Waals surface area contributed by atoms with E-state index in [1.807, 2.05) is 42.5 Å². The minimum absolute atomic E-state index is 0.739. The fourth-order valence-corrected chi connectivity index (χ4v) is 1.92. The molecule has 16 heavy (non-hydrogen) atoms. The van der Waals surface area contributed by atoms with Crippen molar-refractivity contribution in [2.45, 2.75) is 0 Å². The van der Waals surface area contributed by atoms with Crippen LogP contribution in [0.15, 0.2) is 48.5 Å². The van der Waals surface area contributed by atoms with Gasteiger partial charge in [-0.2, -0.15) is 5.10 Å². The summed E-state index contributed by atoms with van der Waals surface area (Å²) in [4.78, 5) is 0. The lowest BCUT2D eigenvalue weighted by Crippen LogP contribution is -1.77. The molecule has 0 saturated carbocycles. The van der Waals surface area contributed by atoms with Crippen LogP contribution >= 0.6 is 11.6 Å². The molecule has 0 saturated heterocycles. The number of benzene rings is 2. The monoisotopic (exact) mass is 228 g/mol. The van der Waals surface area contributed by atoms with E-state index in [0.29, 0.717) is 0 Å². The number of para-hydroxylation sites is 1. The van der Waals surface area contributed by atoms with E-state index in [-0.39, 0.29) is 0 Å². The highest BCUT2D eigenvalue weighted by atomic mass is 35.5. The molecule has 0 aliphatic rings. The highest BCUT2D eigenvalue weighted by Crippen LogP contribution is 2.26. The molecule has 0 amide bonds. The van der Waals surface area contributed by atoms with E-state index >= 15 is 0 Å². The Bertz CT molecular complexity index is 626. The van der Waals surface area contributed by atoms with Gasteiger partial charge < -0.3 is 0 Å². The van der Waals surface area contributed by atoms with E-state index in [2.05, 4.69) is 16.3 Å². The Morgan fingerprint density at radius 1 is 0.938 bits per heavy atom. The Hall–Kier alpha value is -1.80. The lowest BCUT2D eigenvalue weighted by atomic mass is 10.1. The summed E-state index contributed by atoms with van der Waals surface area (Å²) in [5.74, 6) is 0. The van der Waals surface area contributed by atoms with Crippen molar-refractivity contribution in [1.82, 2.24) is 10.2 Å². The van der Waals surface area contributed by atoms with Gasteiger partial charge in [-0.25, -0.2) is 0 Å². The summed E-state index contributed by atoms with van der Waals surface area (Å²) in [7, 11) is 0. The molecule has 0 unspecified atom stereocenters. The first kappa shape index (κ1) is 9.43. The summed E-state index contributed by atoms with van der Waals surface area (Å²) in [5.41, 5.74) is 3.08. The van der Waals surface area contributed by atoms with Crippen LogP contribution in [0.1, 0.15) is 0 Å². The van der Waals surface area contributed by atoms with Gasteiger partial charge in [0.15, 0.2) is 0 Å². The van der Waals surface area contributed by atoms with E-state index < -0.39 is 0 Å². The molecule has 0 bridgehead atoms. The Morgan fingerprint density at radius 3 is 2.50 bits per heavy atom. The Morgan fingerprint density at radius 2 is 1.69 bits per heavy atom. The summed E-state index contributed by atoms with van der Waals surface area (Å²) in [6, 6.07) is 15.8. The minimum Gasteiger partial charge on any atom is -0.277 e. The number of hydrogen-bond donors (Lipinski definition) is 1. The van der Waals surface area contributed by atoms with Crippen LogP contribution in [0.3, 0.4) is 0 Å². The molecule has 3 aromatic rings. The Labute approximate surface area is 97.9 Å². The van der Waals surface area contributed by atoms with Crippen molar-refractivity contribution in [2.75, 3.05) is 0 Å². The average Bonchev–Trinajstić information content (AvgIpc) is 2.74. The van der Waals surface area contributed by atoms with Gasteiger partial charge in [-0.05, 0) is 18.2 Å². The molecule has 78 valence electrons. The molecule has 2 nitrogen and oxygen atoms in total. The van der Waals surface area contributed by atoms with Crippen molar-refractivity contribution < 1.29 is 0 Å². The molecule has 1 heterocycles. The van der Waals surface area contributed by atoms with Gasteiger partial charge in [0.05, 0.1) is 11.2 Å². The second-order valence-corrected chi connectivity index (χ2v) is 4.06. The van der Waals surface area contributed by atoms with Crippen molar-refractivity contribution in [3.05, 3.63) is 53.6 Å². The number of aromatic amines is 1. The zero-order valence-electron chi connectivity index (χ0n) is 8.44. The van der Waals surface area contributed by atoms with Crippen molar-refractivity contribution in [1.29, 1.82) is 0 Å². The van der Waals surface area contributed by atoms with Crippen molar-refractivity contribution in [2.24, 2.45) is 0 Å². The number of H-pyrrole nitrogens is 1. The lowest BCUT2D eigenvalue weighted by Gasteiger charge is -1.97. The molecule has 1 aromatic heterocycles. The summed E-state index contributed by atoms with van der Waals surface area (Å²) < 4.78 is 0. The third kappa shape index (κ3) is 1.48. The van der Waals surface area contributed by atoms with Crippen LogP contribution in [0, 0.1) is 0 Å². The molecule has 0 fully saturated rings. The van der Waals surface area contributed by atoms with Gasteiger partial charge in [0.1, 0.15) is 0 Å². The zero-order chi connectivity index (χ0) is 11.0. The third-order valence-electron chi connectivity index (χ3n) is 2.59. The molecular weight excluding hydrogens is 220 g/mol. The third-order valence-corrected chi connectivity index (χ3v) is 2.84. The summed E-state index contributed by atoms with van der Waals surface area (Å²) >= 11 is 5.86. The number of fused-ring (bicyclic) bond motifs is 1. The molecule has 0 aliphatic heterocycles. The predicted molar refractivity (Wildman–Crippen MR) is 66.5 cm³/mol. The standard InChI is InChI=1S/C13H9ClN2/c14-10-7-5-9(6-8-10)13-11-3-1-2-4-12(11)15-16-13/h1-8H,(H,15,16). The average molecular weight is 229 g/mol. The van der Waals surface area contributed by atoms with Crippen LogP contribution in [0.5, 0.6) is 0 Å². The van der Waals surface area contributed by atoms with Gasteiger partial charge in [0, 0.05) is 16.0 Å². The van der Waals surface area contributed by atoms with Gasteiger partial charge in [0.25, 0.3) is 0 Å². The van der Waals surface area contributed by atoms with Crippen LogP contribution in [-0.2, 0) is 0 Å². The van der Waals surface area contributed by atoms with E-state index in [9.17, 15) is 0 Å². The number of hydrogen-bond acceptors (Lipinski definition) is 1. The molecule has 2 aromatic carbocycles. The number of rotatable bonds is 1. The van der Waals surface area contributed by atoms with E-state index in [1.54, 1.807) is 0 Å². The maximum atomic E-state index is 5.86. The van der Waals surface area contributed by atoms with Crippen LogP contribution in [0.4, 0.5) is 0 Å². The summed E-state index contributed by atoms with van der Waals surface area (Å²) in [6.45, 7) is 0. The number of halogens is 1. The molecule has 0 spiro atoms. The predicted octanol–water partition coefficient (Wildman–Crippen LogP) is 3.88. The van der Waals surface area contributed by atoms with Crippen molar-refractivity contribution in [3.8, 4) is 11.3 Å². The summed E-state index contributed by atoms with van der Waals surface area (Å²) in [6.07, 6.45) is 0. The maximum Gasteiger partial charge on any atom is 0.0999 e. The molecule has 0 aliphatic carbocycles. The molecule has 0 atom stereocenters. The molecule has 1 N–H and O–H groups in total. The minimum atomic E-state index is 0.739. The maximum absolute atomic E-state index is 5.86. The molecule has 0 radical (unpaired) electrons. The van der Waals surface area contributed by atoms with Gasteiger partial charge in [-0.15, -0.1) is 0 Å². The normalized spacial score (nSPS) is 10.8. The fraction of sp³-hybridized carbons (Fsp3) is 0. The first-order valence-electron chi connectivity index (χ1n) is 5.03. The quantitative estimate of drug-likeness (QED) is 0.673. The molecular formula is C13H9ClN2. The van der Waals surface area contributed by atoms with Crippen LogP contribution in [0.25, 0.3) is 22.2 Å². The number of nitrogens with zero attached hydrogens (tertiary/aromatic N) is 1. The van der Waals surface area contributed by atoms with Gasteiger partial charge >= 0.3 is 0 Å². The van der Waals surface area contributed by atoms with Crippen molar-refractivity contribution >= 4 is 22.5 Å². The lowest BCUT2D eigenvalue weighted by molar-refractivity contribution is 1.12. The van der Waals surface area contributed by atoms with Gasteiger partial charge in [0.2, 0.25) is 0 Å². The molecule has 3 heteroatoms. The van der Waals surface area contributed by atoms with E-state index in [1.165, 1.54) is 0 Å². The first-order chi connectivity index (χ1) is 7.84. The van der Waals surface area contributed by atoms with Crippen molar-refractivity contribution in [3.63, 3.8) is 0 Å². The van der Waals surface area contributed by atoms with E-state index in [4.69, 9.17) is 11.6 Å². The van der Waals surface area contributed by atoms with Crippen LogP contribution < -0.4 is 0 Å². The topological polar surface area (TPSA) is 28.7 Å². The van der Waals surface area contributed by atoms with Gasteiger partial charge in [-0.3, -0.25) is 5.10 Å². The highest BCUT2D eigenvalue weighted by Gasteiger charge is 2.06. The summed E-state index contributed by atoms with van der Waals surface area (Å²) in [5, 5.41) is 9.21. The Kier molecular flexibility index (Phi) is 2.15. The zero-order valence-corrected chi connectivity index (χ0v) is 9.20. The second-order valence-electron chi connectivity index (χ2n) is 3.62. The van der Waals surface area contributed by atoms with Gasteiger partial charge in [-0.1, -0.05) is 41.9 Å². The molecule has 3 rings (SSSR count). The number of nitrogens with one attached hydrogen (secondary N) is 1. The largest absolute Gasteiger partial charge is 0.277 e. The first-order valence-corrected chi connectivity index (χ1v) is 5.41. The Balaban J connectivity index is 2.22.